The van der Waals surface area contributed by atoms with E-state index in [2.05, 4.69) is 15.3 Å². The highest BCUT2D eigenvalue weighted by molar-refractivity contribution is 7.89. The normalized spacial score (nSPS) is 20.4. The molecule has 0 aliphatic carbocycles. The zero-order valence-corrected chi connectivity index (χ0v) is 13.0. The van der Waals surface area contributed by atoms with Gasteiger partial charge in [0, 0.05) is 26.2 Å². The highest BCUT2D eigenvalue weighted by Crippen LogP contribution is 2.24. The van der Waals surface area contributed by atoms with Gasteiger partial charge in [-0.05, 0) is 32.1 Å². The summed E-state index contributed by atoms with van der Waals surface area (Å²) in [5.74, 6) is 0.647. The van der Waals surface area contributed by atoms with Crippen LogP contribution in [0.25, 0.3) is 0 Å². The van der Waals surface area contributed by atoms with E-state index in [1.807, 2.05) is 6.92 Å². The fraction of sp³-hybridized carbons (Fsp3) is 0.692. The van der Waals surface area contributed by atoms with E-state index in [4.69, 9.17) is 5.11 Å². The van der Waals surface area contributed by atoms with Gasteiger partial charge in [-0.1, -0.05) is 0 Å². The second-order valence-corrected chi connectivity index (χ2v) is 7.09. The van der Waals surface area contributed by atoms with Gasteiger partial charge < -0.3 is 10.4 Å². The lowest BCUT2D eigenvalue weighted by molar-refractivity contribution is 0.203. The van der Waals surface area contributed by atoms with E-state index in [1.165, 1.54) is 16.7 Å². The van der Waals surface area contributed by atoms with Crippen molar-refractivity contribution in [1.29, 1.82) is 0 Å². The SMILES string of the molecule is CCNc1ncc(S(=O)(=O)N2CCCC(CCO)C2)cn1. The lowest BCUT2D eigenvalue weighted by atomic mass is 9.97. The summed E-state index contributed by atoms with van der Waals surface area (Å²) in [6, 6.07) is 0. The Bertz CT molecular complexity index is 545. The number of nitrogens with one attached hydrogen (secondary N) is 1. The number of sulfonamides is 1. The van der Waals surface area contributed by atoms with Crippen molar-refractivity contribution in [1.82, 2.24) is 14.3 Å². The fourth-order valence-corrected chi connectivity index (χ4v) is 3.96. The molecule has 1 aliphatic rings. The molecule has 2 N–H and O–H groups in total. The van der Waals surface area contributed by atoms with Gasteiger partial charge in [0.25, 0.3) is 0 Å². The van der Waals surface area contributed by atoms with Gasteiger partial charge in [-0.25, -0.2) is 18.4 Å². The van der Waals surface area contributed by atoms with Crippen LogP contribution in [-0.2, 0) is 10.0 Å². The average Bonchev–Trinajstić information content (AvgIpc) is 2.49. The van der Waals surface area contributed by atoms with Gasteiger partial charge in [0.2, 0.25) is 16.0 Å². The standard InChI is InChI=1S/C13H22N4O3S/c1-2-14-13-15-8-12(9-16-13)21(19,20)17-6-3-4-11(10-17)5-7-18/h8-9,11,18H,2-7,10H2,1H3,(H,14,15,16). The van der Waals surface area contributed by atoms with Crippen LogP contribution in [0.3, 0.4) is 0 Å². The van der Waals surface area contributed by atoms with Crippen LogP contribution in [0, 0.1) is 5.92 Å². The number of aliphatic hydroxyl groups excluding tert-OH is 1. The third-order valence-corrected chi connectivity index (χ3v) is 5.44. The van der Waals surface area contributed by atoms with E-state index >= 15 is 0 Å². The van der Waals surface area contributed by atoms with Gasteiger partial charge in [-0.2, -0.15) is 4.31 Å². The third kappa shape index (κ3) is 3.90. The Hall–Kier alpha value is -1.25. The summed E-state index contributed by atoms with van der Waals surface area (Å²) in [4.78, 5) is 8.15. The molecule has 21 heavy (non-hydrogen) atoms. The molecule has 0 saturated carbocycles. The van der Waals surface area contributed by atoms with Crippen molar-refractivity contribution in [3.05, 3.63) is 12.4 Å². The molecule has 118 valence electrons. The molecule has 1 unspecified atom stereocenters. The van der Waals surface area contributed by atoms with Crippen LogP contribution in [0.15, 0.2) is 17.3 Å². The van der Waals surface area contributed by atoms with E-state index in [0.29, 0.717) is 32.0 Å². The topological polar surface area (TPSA) is 95.4 Å². The Labute approximate surface area is 125 Å². The highest BCUT2D eigenvalue weighted by atomic mass is 32.2. The zero-order valence-electron chi connectivity index (χ0n) is 12.2. The summed E-state index contributed by atoms with van der Waals surface area (Å²) >= 11 is 0. The van der Waals surface area contributed by atoms with Crippen molar-refractivity contribution < 1.29 is 13.5 Å². The molecular weight excluding hydrogens is 292 g/mol. The molecule has 0 aromatic carbocycles. The summed E-state index contributed by atoms with van der Waals surface area (Å²) in [5.41, 5.74) is 0. The van der Waals surface area contributed by atoms with Crippen molar-refractivity contribution in [2.75, 3.05) is 31.6 Å². The second kappa shape index (κ2) is 7.15. The predicted octanol–water partition coefficient (Wildman–Crippen LogP) is 0.691. The molecule has 1 aliphatic heterocycles. The Balaban J connectivity index is 2.13. The van der Waals surface area contributed by atoms with Crippen molar-refractivity contribution in [2.45, 2.75) is 31.1 Å². The average molecular weight is 314 g/mol. The van der Waals surface area contributed by atoms with Crippen molar-refractivity contribution in [3.8, 4) is 0 Å². The largest absolute Gasteiger partial charge is 0.396 e. The molecule has 7 nitrogen and oxygen atoms in total. The first-order valence-electron chi connectivity index (χ1n) is 7.25. The minimum Gasteiger partial charge on any atom is -0.396 e. The molecule has 2 rings (SSSR count). The molecule has 0 spiro atoms. The monoisotopic (exact) mass is 314 g/mol. The molecule has 0 bridgehead atoms. The van der Waals surface area contributed by atoms with Crippen LogP contribution in [0.1, 0.15) is 26.2 Å². The molecular formula is C13H22N4O3S. The first-order valence-corrected chi connectivity index (χ1v) is 8.69. The molecule has 8 heteroatoms. The number of aromatic nitrogens is 2. The van der Waals surface area contributed by atoms with Crippen LogP contribution in [0.2, 0.25) is 0 Å². The van der Waals surface area contributed by atoms with Crippen LogP contribution in [0.5, 0.6) is 0 Å². The van der Waals surface area contributed by atoms with E-state index in [0.717, 1.165) is 12.8 Å². The van der Waals surface area contributed by atoms with E-state index < -0.39 is 10.0 Å². The Kier molecular flexibility index (Phi) is 5.49. The number of hydrogen-bond donors (Lipinski definition) is 2. The van der Waals surface area contributed by atoms with E-state index in [-0.39, 0.29) is 17.4 Å². The van der Waals surface area contributed by atoms with E-state index in [9.17, 15) is 8.42 Å². The number of hydrogen-bond acceptors (Lipinski definition) is 6. The number of nitrogens with zero attached hydrogens (tertiary/aromatic N) is 3. The highest BCUT2D eigenvalue weighted by Gasteiger charge is 2.30. The first-order chi connectivity index (χ1) is 10.1. The van der Waals surface area contributed by atoms with Crippen molar-refractivity contribution in [3.63, 3.8) is 0 Å². The maximum Gasteiger partial charge on any atom is 0.246 e. The Morgan fingerprint density at radius 3 is 2.76 bits per heavy atom. The van der Waals surface area contributed by atoms with Gasteiger partial charge in [0.05, 0.1) is 12.4 Å². The minimum absolute atomic E-state index is 0.0963. The van der Waals surface area contributed by atoms with Crippen LogP contribution in [-0.4, -0.2) is 54.0 Å². The zero-order chi connectivity index (χ0) is 15.3. The summed E-state index contributed by atoms with van der Waals surface area (Å²) in [6.45, 7) is 3.67. The predicted molar refractivity (Wildman–Crippen MR) is 79.4 cm³/mol. The van der Waals surface area contributed by atoms with Crippen LogP contribution >= 0.6 is 0 Å². The summed E-state index contributed by atoms with van der Waals surface area (Å²) < 4.78 is 26.6. The molecule has 0 amide bonds. The molecule has 1 aromatic heterocycles. The van der Waals surface area contributed by atoms with Gasteiger partial charge in [-0.15, -0.1) is 0 Å². The molecule has 1 aromatic rings. The molecule has 1 atom stereocenters. The van der Waals surface area contributed by atoms with E-state index in [1.54, 1.807) is 0 Å². The number of piperidine rings is 1. The van der Waals surface area contributed by atoms with Gasteiger partial charge in [0.1, 0.15) is 4.90 Å². The van der Waals surface area contributed by atoms with Crippen LogP contribution < -0.4 is 5.32 Å². The fourth-order valence-electron chi connectivity index (χ4n) is 2.51. The minimum atomic E-state index is -3.55. The van der Waals surface area contributed by atoms with Gasteiger partial charge in [0.15, 0.2) is 0 Å². The first kappa shape index (κ1) is 16.1. The molecule has 0 radical (unpaired) electrons. The number of anilines is 1. The van der Waals surface area contributed by atoms with Gasteiger partial charge >= 0.3 is 0 Å². The smallest absolute Gasteiger partial charge is 0.246 e. The summed E-state index contributed by atoms with van der Waals surface area (Å²) in [5, 5.41) is 11.9. The maximum absolute atomic E-state index is 12.6. The summed E-state index contributed by atoms with van der Waals surface area (Å²) in [6.07, 6.45) is 5.11. The molecule has 1 saturated heterocycles. The Morgan fingerprint density at radius 1 is 1.43 bits per heavy atom. The third-order valence-electron chi connectivity index (χ3n) is 3.62. The molecule has 1 fully saturated rings. The lowest BCUT2D eigenvalue weighted by Gasteiger charge is -2.31. The number of aliphatic hydroxyl groups is 1. The van der Waals surface area contributed by atoms with Crippen molar-refractivity contribution in [2.24, 2.45) is 5.92 Å². The second-order valence-electron chi connectivity index (χ2n) is 5.16. The maximum atomic E-state index is 12.6. The van der Waals surface area contributed by atoms with Gasteiger partial charge in [-0.3, -0.25) is 0 Å². The van der Waals surface area contributed by atoms with Crippen LogP contribution in [0.4, 0.5) is 5.95 Å². The quantitative estimate of drug-likeness (QED) is 0.802. The number of rotatable bonds is 6. The Morgan fingerprint density at radius 2 is 2.14 bits per heavy atom. The lowest BCUT2D eigenvalue weighted by Crippen LogP contribution is -2.40. The van der Waals surface area contributed by atoms with Crippen molar-refractivity contribution >= 4 is 16.0 Å². The summed E-state index contributed by atoms with van der Waals surface area (Å²) in [7, 11) is -3.55. The molecule has 2 heterocycles.